The van der Waals surface area contributed by atoms with Crippen molar-refractivity contribution in [2.24, 2.45) is 0 Å². The third kappa shape index (κ3) is 5.07. The van der Waals surface area contributed by atoms with E-state index in [0.717, 1.165) is 52.8 Å². The Morgan fingerprint density at radius 3 is 1.41 bits per heavy atom. The quantitative estimate of drug-likeness (QED) is 0.192. The lowest BCUT2D eigenvalue weighted by Gasteiger charge is -2.03. The molecule has 0 aliphatic rings. The number of hydrogen-bond acceptors (Lipinski definition) is 7. The highest BCUT2D eigenvalue weighted by molar-refractivity contribution is 7.17. The lowest BCUT2D eigenvalue weighted by atomic mass is 10.1. The molecule has 39 heavy (non-hydrogen) atoms. The van der Waals surface area contributed by atoms with E-state index in [2.05, 4.69) is 45.2 Å². The van der Waals surface area contributed by atoms with Crippen LogP contribution < -0.4 is 0 Å². The average Bonchev–Trinajstić information content (AvgIpc) is 3.76. The van der Waals surface area contributed by atoms with Crippen molar-refractivity contribution < 1.29 is 0 Å². The van der Waals surface area contributed by atoms with Crippen LogP contribution in [0, 0.1) is 22.7 Å². The van der Waals surface area contributed by atoms with Gasteiger partial charge in [0, 0.05) is 30.6 Å². The predicted molar refractivity (Wildman–Crippen MR) is 164 cm³/mol. The molecule has 0 spiro atoms. The standard InChI is InChI=1S/C32H18N4S3/c33-19-23(21-7-3-1-4-8-21)17-25-11-15-29(37-25)27-13-14-28(32-31(27)35-39-36-32)30-16-12-26(38-30)18-24(20-34)22-9-5-2-6-10-22/h1-18H/b23-17+,24-18+. The molecule has 0 saturated heterocycles. The zero-order valence-corrected chi connectivity index (χ0v) is 22.9. The van der Waals surface area contributed by atoms with E-state index in [0.29, 0.717) is 11.1 Å². The lowest BCUT2D eigenvalue weighted by Crippen LogP contribution is -1.81. The van der Waals surface area contributed by atoms with Crippen LogP contribution >= 0.6 is 34.4 Å². The summed E-state index contributed by atoms with van der Waals surface area (Å²) in [5.74, 6) is 0. The van der Waals surface area contributed by atoms with E-state index >= 15 is 0 Å². The summed E-state index contributed by atoms with van der Waals surface area (Å²) in [6.45, 7) is 0. The second-order valence-electron chi connectivity index (χ2n) is 8.60. The lowest BCUT2D eigenvalue weighted by molar-refractivity contribution is 1.52. The molecule has 6 aromatic rings. The number of fused-ring (bicyclic) bond motifs is 1. The maximum Gasteiger partial charge on any atom is 0.114 e. The van der Waals surface area contributed by atoms with Gasteiger partial charge in [-0.05, 0) is 47.5 Å². The van der Waals surface area contributed by atoms with Crippen molar-refractivity contribution in [1.82, 2.24) is 8.75 Å². The van der Waals surface area contributed by atoms with Crippen LogP contribution in [0.15, 0.2) is 97.1 Å². The molecule has 3 heterocycles. The third-order valence-electron chi connectivity index (χ3n) is 6.18. The normalized spacial score (nSPS) is 11.8. The van der Waals surface area contributed by atoms with E-state index in [1.165, 1.54) is 11.7 Å². The molecule has 0 saturated carbocycles. The first-order valence-electron chi connectivity index (χ1n) is 12.0. The van der Waals surface area contributed by atoms with Gasteiger partial charge in [0.1, 0.15) is 11.0 Å². The molecular formula is C32H18N4S3. The zero-order chi connectivity index (χ0) is 26.6. The predicted octanol–water partition coefficient (Wildman–Crippen LogP) is 9.28. The van der Waals surface area contributed by atoms with E-state index in [4.69, 9.17) is 0 Å². The smallest absolute Gasteiger partial charge is 0.114 e. The van der Waals surface area contributed by atoms with E-state index < -0.39 is 0 Å². The Bertz CT molecular complexity index is 1790. The van der Waals surface area contributed by atoms with Crippen LogP contribution in [0.2, 0.25) is 0 Å². The topological polar surface area (TPSA) is 73.4 Å². The van der Waals surface area contributed by atoms with E-state index in [1.54, 1.807) is 22.7 Å². The van der Waals surface area contributed by atoms with Crippen LogP contribution in [-0.4, -0.2) is 8.75 Å². The molecule has 6 rings (SSSR count). The van der Waals surface area contributed by atoms with Crippen LogP contribution in [-0.2, 0) is 0 Å². The summed E-state index contributed by atoms with van der Waals surface area (Å²) in [5, 5.41) is 19.4. The fourth-order valence-corrected chi connectivity index (χ4v) is 6.82. The van der Waals surface area contributed by atoms with E-state index in [-0.39, 0.29) is 0 Å². The Kier molecular flexibility index (Phi) is 6.95. The van der Waals surface area contributed by atoms with Crippen molar-refractivity contribution in [2.45, 2.75) is 0 Å². The van der Waals surface area contributed by atoms with Gasteiger partial charge in [0.25, 0.3) is 0 Å². The van der Waals surface area contributed by atoms with Crippen molar-refractivity contribution >= 4 is 68.7 Å². The molecule has 184 valence electrons. The highest BCUT2D eigenvalue weighted by Gasteiger charge is 2.16. The van der Waals surface area contributed by atoms with Gasteiger partial charge in [0.05, 0.1) is 35.0 Å². The Morgan fingerprint density at radius 2 is 1.00 bits per heavy atom. The minimum atomic E-state index is 0.634. The van der Waals surface area contributed by atoms with Gasteiger partial charge in [-0.2, -0.15) is 19.3 Å². The molecule has 0 bridgehead atoms. The fourth-order valence-electron chi connectivity index (χ4n) is 4.29. The summed E-state index contributed by atoms with van der Waals surface area (Å²) in [4.78, 5) is 4.17. The van der Waals surface area contributed by atoms with Gasteiger partial charge in [-0.3, -0.25) is 0 Å². The minimum absolute atomic E-state index is 0.634. The molecule has 0 radical (unpaired) electrons. The molecule has 0 aliphatic carbocycles. The van der Waals surface area contributed by atoms with Gasteiger partial charge in [-0.1, -0.05) is 72.8 Å². The maximum absolute atomic E-state index is 9.69. The molecule has 7 heteroatoms. The van der Waals surface area contributed by atoms with Gasteiger partial charge in [0.2, 0.25) is 0 Å². The Balaban J connectivity index is 1.33. The molecule has 0 amide bonds. The van der Waals surface area contributed by atoms with Crippen LogP contribution in [0.5, 0.6) is 0 Å². The molecule has 0 atom stereocenters. The van der Waals surface area contributed by atoms with E-state index in [1.807, 2.05) is 84.9 Å². The molecule has 0 N–H and O–H groups in total. The summed E-state index contributed by atoms with van der Waals surface area (Å²) in [6.07, 6.45) is 3.86. The van der Waals surface area contributed by atoms with Crippen molar-refractivity contribution in [3.8, 4) is 33.0 Å². The Hall–Kier alpha value is -4.66. The van der Waals surface area contributed by atoms with Gasteiger partial charge in [-0.25, -0.2) is 0 Å². The molecule has 0 aliphatic heterocycles. The van der Waals surface area contributed by atoms with Crippen molar-refractivity contribution in [3.63, 3.8) is 0 Å². The average molecular weight is 555 g/mol. The second-order valence-corrected chi connectivity index (χ2v) is 11.4. The first-order chi connectivity index (χ1) is 19.2. The number of hydrogen-bond donors (Lipinski definition) is 0. The van der Waals surface area contributed by atoms with Crippen LogP contribution in [0.25, 0.3) is 55.2 Å². The van der Waals surface area contributed by atoms with Crippen molar-refractivity contribution in [1.29, 1.82) is 10.5 Å². The Morgan fingerprint density at radius 1 is 0.564 bits per heavy atom. The highest BCUT2D eigenvalue weighted by atomic mass is 32.1. The van der Waals surface area contributed by atoms with Crippen LogP contribution in [0.1, 0.15) is 20.9 Å². The number of rotatable bonds is 6. The summed E-state index contributed by atoms with van der Waals surface area (Å²) >= 11 is 4.46. The van der Waals surface area contributed by atoms with Gasteiger partial charge in [-0.15, -0.1) is 22.7 Å². The number of aromatic nitrogens is 2. The number of nitrogens with zero attached hydrogens (tertiary/aromatic N) is 4. The largest absolute Gasteiger partial charge is 0.192 e. The summed E-state index contributed by atoms with van der Waals surface area (Å²) in [6, 6.07) is 36.5. The number of benzene rings is 3. The third-order valence-corrected chi connectivity index (χ3v) is 8.84. The summed E-state index contributed by atoms with van der Waals surface area (Å²) in [7, 11) is 0. The number of thiophene rings is 2. The molecule has 0 unspecified atom stereocenters. The molecule has 3 aromatic heterocycles. The van der Waals surface area contributed by atoms with Gasteiger partial charge in [0.15, 0.2) is 0 Å². The molecule has 0 fully saturated rings. The minimum Gasteiger partial charge on any atom is -0.192 e. The summed E-state index contributed by atoms with van der Waals surface area (Å²) < 4.78 is 9.28. The first-order valence-corrected chi connectivity index (χ1v) is 14.4. The fraction of sp³-hybridized carbons (Fsp3) is 0. The van der Waals surface area contributed by atoms with Gasteiger partial charge < -0.3 is 0 Å². The second kappa shape index (κ2) is 11.0. The monoisotopic (exact) mass is 554 g/mol. The zero-order valence-electron chi connectivity index (χ0n) is 20.4. The molecule has 4 nitrogen and oxygen atoms in total. The first kappa shape index (κ1) is 24.7. The summed E-state index contributed by atoms with van der Waals surface area (Å²) in [5.41, 5.74) is 6.86. The molecular weight excluding hydrogens is 537 g/mol. The number of allylic oxidation sites excluding steroid dienone is 2. The van der Waals surface area contributed by atoms with Gasteiger partial charge >= 0.3 is 0 Å². The van der Waals surface area contributed by atoms with Crippen LogP contribution in [0.3, 0.4) is 0 Å². The highest BCUT2D eigenvalue weighted by Crippen LogP contribution is 2.40. The van der Waals surface area contributed by atoms with Crippen LogP contribution in [0.4, 0.5) is 0 Å². The van der Waals surface area contributed by atoms with Crippen molar-refractivity contribution in [3.05, 3.63) is 118 Å². The van der Waals surface area contributed by atoms with E-state index in [9.17, 15) is 10.5 Å². The van der Waals surface area contributed by atoms with Crippen molar-refractivity contribution in [2.75, 3.05) is 0 Å². The number of nitriles is 2. The SMILES string of the molecule is N#C/C(=C\c1ccc(-c2ccc(-c3ccc(/C=C(\C#N)c4ccccc4)s3)c3nsnc23)s1)c1ccccc1. The maximum atomic E-state index is 9.69. The Labute approximate surface area is 238 Å². The molecule has 3 aromatic carbocycles.